The van der Waals surface area contributed by atoms with Crippen molar-refractivity contribution in [2.45, 2.75) is 92.1 Å². The van der Waals surface area contributed by atoms with Crippen LogP contribution in [0.1, 0.15) is 116 Å². The lowest BCUT2D eigenvalue weighted by molar-refractivity contribution is -0.00245. The van der Waals surface area contributed by atoms with Crippen LogP contribution >= 0.6 is 0 Å². The Morgan fingerprint density at radius 3 is 1.67 bits per heavy atom. The molecule has 45 heavy (non-hydrogen) atoms. The first-order valence-corrected chi connectivity index (χ1v) is 15.8. The summed E-state index contributed by atoms with van der Waals surface area (Å²) in [6.45, 7) is 18.9. The monoisotopic (exact) mass is 606 g/mol. The van der Waals surface area contributed by atoms with E-state index in [2.05, 4.69) is 58.9 Å². The molecule has 0 saturated heterocycles. The van der Waals surface area contributed by atoms with E-state index in [-0.39, 0.29) is 17.3 Å². The molecule has 0 heterocycles. The minimum atomic E-state index is -0.520. The van der Waals surface area contributed by atoms with Gasteiger partial charge in [0.2, 0.25) is 0 Å². The third kappa shape index (κ3) is 8.21. The van der Waals surface area contributed by atoms with Gasteiger partial charge in [-0.15, -0.1) is 0 Å². The van der Waals surface area contributed by atoms with Gasteiger partial charge < -0.3 is 14.2 Å². The van der Waals surface area contributed by atoms with E-state index >= 15 is 0 Å². The van der Waals surface area contributed by atoms with Gasteiger partial charge in [0.05, 0.1) is 11.1 Å². The van der Waals surface area contributed by atoms with Gasteiger partial charge in [0.1, 0.15) is 22.8 Å². The zero-order valence-corrected chi connectivity index (χ0v) is 28.1. The largest absolute Gasteiger partial charge is 0.457 e. The van der Waals surface area contributed by atoms with Crippen LogP contribution in [0.25, 0.3) is 0 Å². The summed E-state index contributed by atoms with van der Waals surface area (Å²) in [7, 11) is 0. The molecule has 0 bridgehead atoms. The van der Waals surface area contributed by atoms with Crippen molar-refractivity contribution >= 4 is 11.9 Å². The smallest absolute Gasteiger partial charge is 0.343 e. The number of ether oxygens (including phenoxy) is 3. The molecule has 1 atom stereocenters. The molecular formula is C40H46O5. The third-order valence-corrected chi connectivity index (χ3v) is 8.90. The van der Waals surface area contributed by atoms with Crippen molar-refractivity contribution in [2.24, 2.45) is 0 Å². The molecule has 1 unspecified atom stereocenters. The Balaban J connectivity index is 1.38. The number of esters is 2. The second-order valence-electron chi connectivity index (χ2n) is 13.1. The summed E-state index contributed by atoms with van der Waals surface area (Å²) in [5, 5.41) is 0. The third-order valence-electron chi connectivity index (χ3n) is 8.90. The van der Waals surface area contributed by atoms with E-state index in [4.69, 9.17) is 14.2 Å². The maximum atomic E-state index is 13.0. The van der Waals surface area contributed by atoms with Gasteiger partial charge in [-0.3, -0.25) is 0 Å². The topological polar surface area (TPSA) is 61.8 Å². The number of carbonyl (C=O) groups is 2. The van der Waals surface area contributed by atoms with Gasteiger partial charge in [-0.05, 0) is 128 Å². The lowest BCUT2D eigenvalue weighted by Crippen LogP contribution is -2.26. The van der Waals surface area contributed by atoms with Crippen LogP contribution in [0.15, 0.2) is 84.9 Å². The molecular weight excluding hydrogens is 560 g/mol. The predicted octanol–water partition coefficient (Wildman–Crippen LogP) is 10.5. The quantitative estimate of drug-likeness (QED) is 0.126. The maximum Gasteiger partial charge on any atom is 0.343 e. The number of rotatable bonds is 11. The van der Waals surface area contributed by atoms with Gasteiger partial charge in [0.15, 0.2) is 0 Å². The molecule has 5 nitrogen and oxygen atoms in total. The molecule has 4 rings (SSSR count). The fraction of sp³-hybridized carbons (Fsp3) is 0.350. The summed E-state index contributed by atoms with van der Waals surface area (Å²) in [6.07, 6.45) is 1.81. The average Bonchev–Trinajstić information content (AvgIpc) is 3.02. The standard InChI is InChI=1S/C40H46O5/c1-10-39(6,7)35-22-16-31(24-26(35)3)28(5)32-17-23-36(27(4)25-32)44-37(41)29-12-18-33(19-13-29)43-34-20-14-30(15-21-34)38(42)45-40(8,9)11-2/h12-25,28H,10-11H2,1-9H3. The van der Waals surface area contributed by atoms with Crippen molar-refractivity contribution < 1.29 is 23.8 Å². The molecule has 0 aliphatic rings. The first kappa shape index (κ1) is 33.5. The van der Waals surface area contributed by atoms with Crippen LogP contribution in [0.2, 0.25) is 0 Å². The molecule has 0 fully saturated rings. The number of aryl methyl sites for hydroxylation is 2. The van der Waals surface area contributed by atoms with E-state index in [0.717, 1.165) is 18.4 Å². The van der Waals surface area contributed by atoms with E-state index in [1.165, 1.54) is 22.3 Å². The van der Waals surface area contributed by atoms with Crippen LogP contribution in [0.4, 0.5) is 0 Å². The van der Waals surface area contributed by atoms with Gasteiger partial charge >= 0.3 is 11.9 Å². The van der Waals surface area contributed by atoms with Crippen molar-refractivity contribution in [1.29, 1.82) is 0 Å². The van der Waals surface area contributed by atoms with Crippen LogP contribution in [0, 0.1) is 13.8 Å². The highest BCUT2D eigenvalue weighted by Gasteiger charge is 2.23. The summed E-state index contributed by atoms with van der Waals surface area (Å²) in [5.74, 6) is 1.06. The van der Waals surface area contributed by atoms with E-state index in [9.17, 15) is 9.59 Å². The maximum absolute atomic E-state index is 13.0. The van der Waals surface area contributed by atoms with Crippen LogP contribution in [0.5, 0.6) is 17.2 Å². The number of hydrogen-bond acceptors (Lipinski definition) is 5. The molecule has 0 N–H and O–H groups in total. The normalized spacial score (nSPS) is 12.4. The molecule has 0 spiro atoms. The fourth-order valence-corrected chi connectivity index (χ4v) is 5.15. The molecule has 236 valence electrons. The zero-order valence-electron chi connectivity index (χ0n) is 28.1. The van der Waals surface area contributed by atoms with Gasteiger partial charge in [-0.25, -0.2) is 9.59 Å². The Labute approximate surface area is 268 Å². The molecule has 0 radical (unpaired) electrons. The number of carbonyl (C=O) groups excluding carboxylic acids is 2. The minimum absolute atomic E-state index is 0.151. The van der Waals surface area contributed by atoms with E-state index < -0.39 is 11.6 Å². The van der Waals surface area contributed by atoms with Crippen LogP contribution in [-0.2, 0) is 10.2 Å². The van der Waals surface area contributed by atoms with E-state index in [1.807, 2.05) is 39.8 Å². The Morgan fingerprint density at radius 2 is 1.18 bits per heavy atom. The predicted molar refractivity (Wildman–Crippen MR) is 181 cm³/mol. The average molecular weight is 607 g/mol. The molecule has 0 aliphatic heterocycles. The van der Waals surface area contributed by atoms with Gasteiger partial charge in [-0.2, -0.15) is 0 Å². The summed E-state index contributed by atoms with van der Waals surface area (Å²) in [5.41, 5.74) is 6.56. The molecule has 0 aliphatic carbocycles. The molecule has 4 aromatic carbocycles. The highest BCUT2D eigenvalue weighted by atomic mass is 16.6. The van der Waals surface area contributed by atoms with Crippen molar-refractivity contribution in [3.8, 4) is 17.2 Å². The molecule has 0 saturated carbocycles. The van der Waals surface area contributed by atoms with Crippen molar-refractivity contribution in [1.82, 2.24) is 0 Å². The van der Waals surface area contributed by atoms with Crippen molar-refractivity contribution in [2.75, 3.05) is 0 Å². The first-order valence-electron chi connectivity index (χ1n) is 15.8. The van der Waals surface area contributed by atoms with Crippen LogP contribution < -0.4 is 9.47 Å². The molecule has 5 heteroatoms. The Bertz CT molecular complexity index is 1650. The lowest BCUT2D eigenvalue weighted by Gasteiger charge is -2.26. The van der Waals surface area contributed by atoms with Crippen LogP contribution in [-0.4, -0.2) is 17.5 Å². The summed E-state index contributed by atoms with van der Waals surface area (Å²) in [4.78, 5) is 25.4. The van der Waals surface area contributed by atoms with Crippen molar-refractivity contribution in [3.63, 3.8) is 0 Å². The van der Waals surface area contributed by atoms with Crippen molar-refractivity contribution in [3.05, 3.63) is 124 Å². The fourth-order valence-electron chi connectivity index (χ4n) is 5.15. The van der Waals surface area contributed by atoms with Gasteiger partial charge in [-0.1, -0.05) is 65.0 Å². The number of hydrogen-bond donors (Lipinski definition) is 0. The summed E-state index contributed by atoms with van der Waals surface area (Å²) >= 11 is 0. The molecule has 0 amide bonds. The first-order chi connectivity index (χ1) is 21.2. The Hall–Kier alpha value is -4.38. The zero-order chi connectivity index (χ0) is 32.9. The Morgan fingerprint density at radius 1 is 0.667 bits per heavy atom. The van der Waals surface area contributed by atoms with Crippen LogP contribution in [0.3, 0.4) is 0 Å². The molecule has 0 aromatic heterocycles. The van der Waals surface area contributed by atoms with Gasteiger partial charge in [0, 0.05) is 5.92 Å². The summed E-state index contributed by atoms with van der Waals surface area (Å²) < 4.78 is 17.2. The summed E-state index contributed by atoms with van der Waals surface area (Å²) in [6, 6.07) is 26.4. The second kappa shape index (κ2) is 13.7. The minimum Gasteiger partial charge on any atom is -0.457 e. The Kier molecular flexibility index (Phi) is 10.2. The highest BCUT2D eigenvalue weighted by Crippen LogP contribution is 2.34. The molecule has 4 aromatic rings. The van der Waals surface area contributed by atoms with E-state index in [1.54, 1.807) is 48.5 Å². The highest BCUT2D eigenvalue weighted by molar-refractivity contribution is 5.91. The lowest BCUT2D eigenvalue weighted by atomic mass is 9.78. The number of benzene rings is 4. The van der Waals surface area contributed by atoms with Gasteiger partial charge in [0.25, 0.3) is 0 Å². The second-order valence-corrected chi connectivity index (χ2v) is 13.1. The van der Waals surface area contributed by atoms with E-state index in [0.29, 0.717) is 28.4 Å². The SMILES string of the molecule is CCC(C)(C)OC(=O)c1ccc(Oc2ccc(C(=O)Oc3ccc(C(C)c4ccc(C(C)(C)CC)c(C)c4)cc3C)cc2)cc1.